The van der Waals surface area contributed by atoms with Crippen molar-refractivity contribution in [3.8, 4) is 6.07 Å². The van der Waals surface area contributed by atoms with Gasteiger partial charge in [0.2, 0.25) is 5.95 Å². The summed E-state index contributed by atoms with van der Waals surface area (Å²) >= 11 is 0. The van der Waals surface area contributed by atoms with Crippen molar-refractivity contribution in [1.29, 1.82) is 5.26 Å². The van der Waals surface area contributed by atoms with E-state index in [0.29, 0.717) is 48.8 Å². The molecule has 0 atom stereocenters. The predicted octanol–water partition coefficient (Wildman–Crippen LogP) is 4.96. The molecule has 2 heterocycles. The second-order valence-corrected chi connectivity index (χ2v) is 9.94. The Bertz CT molecular complexity index is 1240. The van der Waals surface area contributed by atoms with Gasteiger partial charge in [-0.1, -0.05) is 18.6 Å². The van der Waals surface area contributed by atoms with Crippen LogP contribution in [0.3, 0.4) is 0 Å². The Morgan fingerprint density at radius 2 is 1.84 bits per heavy atom. The average molecular weight is 504 g/mol. The number of amides is 1. The molecule has 0 spiro atoms. The third kappa shape index (κ3) is 7.83. The number of ether oxygens (including phenoxy) is 1. The number of benzene rings is 1. The normalized spacial score (nSPS) is 13.2. The van der Waals surface area contributed by atoms with Crippen molar-refractivity contribution in [1.82, 2.24) is 25.5 Å². The first kappa shape index (κ1) is 25.8. The SMILES string of the molecule is CC(C)(C)OC(=O)NCCNc1cc(Nc2cc(C3CCC3)[nH]n2)nc(Nc2ccc(CC#N)cc2)n1. The van der Waals surface area contributed by atoms with E-state index in [1.807, 2.05) is 51.1 Å². The number of carbonyl (C=O) groups excluding carboxylic acids is 1. The van der Waals surface area contributed by atoms with Crippen LogP contribution >= 0.6 is 0 Å². The van der Waals surface area contributed by atoms with E-state index in [2.05, 4.69) is 47.5 Å². The molecule has 0 unspecified atom stereocenters. The minimum Gasteiger partial charge on any atom is -0.444 e. The molecule has 0 bridgehead atoms. The van der Waals surface area contributed by atoms with Crippen LogP contribution in [0.15, 0.2) is 36.4 Å². The number of carbonyl (C=O) groups is 1. The number of nitrogens with zero attached hydrogens (tertiary/aromatic N) is 4. The van der Waals surface area contributed by atoms with Crippen LogP contribution in [0, 0.1) is 11.3 Å². The van der Waals surface area contributed by atoms with Crippen molar-refractivity contribution in [2.45, 2.75) is 58.0 Å². The number of hydrogen-bond donors (Lipinski definition) is 5. The Balaban J connectivity index is 1.44. The maximum Gasteiger partial charge on any atom is 0.407 e. The van der Waals surface area contributed by atoms with Crippen LogP contribution in [0.25, 0.3) is 0 Å². The molecule has 11 nitrogen and oxygen atoms in total. The molecule has 1 saturated carbocycles. The first-order valence-electron chi connectivity index (χ1n) is 12.4. The molecule has 0 saturated heterocycles. The summed E-state index contributed by atoms with van der Waals surface area (Å²) in [5.74, 6) is 2.75. The van der Waals surface area contributed by atoms with E-state index in [9.17, 15) is 4.79 Å². The van der Waals surface area contributed by atoms with Crippen molar-refractivity contribution in [3.63, 3.8) is 0 Å². The van der Waals surface area contributed by atoms with Crippen molar-refractivity contribution >= 4 is 35.2 Å². The second kappa shape index (κ2) is 11.6. The summed E-state index contributed by atoms with van der Waals surface area (Å²) in [6, 6.07) is 13.5. The van der Waals surface area contributed by atoms with Gasteiger partial charge < -0.3 is 26.0 Å². The third-order valence-electron chi connectivity index (χ3n) is 5.72. The number of rotatable bonds is 10. The number of nitrogens with one attached hydrogen (secondary N) is 5. The van der Waals surface area contributed by atoms with Crippen LogP contribution in [-0.4, -0.2) is 44.9 Å². The molecule has 194 valence electrons. The van der Waals surface area contributed by atoms with E-state index in [4.69, 9.17) is 10.00 Å². The quantitative estimate of drug-likeness (QED) is 0.242. The van der Waals surface area contributed by atoms with Gasteiger partial charge in [0, 0.05) is 42.5 Å². The summed E-state index contributed by atoms with van der Waals surface area (Å²) in [5, 5.41) is 28.8. The third-order valence-corrected chi connectivity index (χ3v) is 5.72. The number of H-pyrrole nitrogens is 1. The van der Waals surface area contributed by atoms with Gasteiger partial charge in [-0.3, -0.25) is 5.10 Å². The van der Waals surface area contributed by atoms with Gasteiger partial charge >= 0.3 is 6.09 Å². The number of nitriles is 1. The van der Waals surface area contributed by atoms with Crippen LogP contribution in [0.2, 0.25) is 0 Å². The second-order valence-electron chi connectivity index (χ2n) is 9.94. The lowest BCUT2D eigenvalue weighted by Crippen LogP contribution is -2.35. The highest BCUT2D eigenvalue weighted by Crippen LogP contribution is 2.36. The lowest BCUT2D eigenvalue weighted by Gasteiger charge is -2.23. The Morgan fingerprint density at radius 1 is 1.08 bits per heavy atom. The van der Waals surface area contributed by atoms with Crippen LogP contribution in [0.5, 0.6) is 0 Å². The van der Waals surface area contributed by atoms with E-state index in [-0.39, 0.29) is 0 Å². The number of aromatic amines is 1. The highest BCUT2D eigenvalue weighted by atomic mass is 16.6. The molecule has 11 heteroatoms. The fraction of sp³-hybridized carbons (Fsp3) is 0.423. The molecule has 4 rings (SSSR count). The molecule has 3 aromatic rings. The highest BCUT2D eigenvalue weighted by Gasteiger charge is 2.21. The van der Waals surface area contributed by atoms with Gasteiger partial charge in [-0.05, 0) is 51.3 Å². The summed E-state index contributed by atoms with van der Waals surface area (Å²) in [7, 11) is 0. The minimum absolute atomic E-state index is 0.355. The van der Waals surface area contributed by atoms with Gasteiger partial charge in [-0.15, -0.1) is 0 Å². The van der Waals surface area contributed by atoms with Crippen LogP contribution in [0.1, 0.15) is 57.2 Å². The highest BCUT2D eigenvalue weighted by molar-refractivity contribution is 5.67. The largest absolute Gasteiger partial charge is 0.444 e. The molecule has 1 fully saturated rings. The summed E-state index contributed by atoms with van der Waals surface area (Å²) in [6.07, 6.45) is 3.50. The zero-order valence-corrected chi connectivity index (χ0v) is 21.4. The van der Waals surface area contributed by atoms with E-state index in [1.165, 1.54) is 19.3 Å². The van der Waals surface area contributed by atoms with Gasteiger partial charge in [0.05, 0.1) is 12.5 Å². The van der Waals surface area contributed by atoms with E-state index in [0.717, 1.165) is 16.9 Å². The van der Waals surface area contributed by atoms with Crippen LogP contribution < -0.4 is 21.3 Å². The molecule has 1 aromatic carbocycles. The van der Waals surface area contributed by atoms with Crippen LogP contribution in [-0.2, 0) is 11.2 Å². The summed E-state index contributed by atoms with van der Waals surface area (Å²) in [5.41, 5.74) is 2.31. The smallest absolute Gasteiger partial charge is 0.407 e. The van der Waals surface area contributed by atoms with Gasteiger partial charge in [-0.25, -0.2) is 4.79 Å². The molecule has 5 N–H and O–H groups in total. The molecule has 0 aliphatic heterocycles. The first-order chi connectivity index (χ1) is 17.8. The number of hydrogen-bond acceptors (Lipinski definition) is 9. The standard InChI is InChI=1S/C26H33N9O2/c1-26(2,3)37-25(36)29-14-13-28-21-16-22(31-23-15-20(34-35-23)18-5-4-6-18)33-24(32-21)30-19-9-7-17(8-10-19)11-12-27/h7-10,15-16,18H,4-6,11,13-14H2,1-3H3,(H,29,36)(H4,28,30,31,32,33,34,35). The summed E-state index contributed by atoms with van der Waals surface area (Å²) in [4.78, 5) is 21.1. The first-order valence-corrected chi connectivity index (χ1v) is 12.4. The van der Waals surface area contributed by atoms with E-state index in [1.54, 1.807) is 6.07 Å². The summed E-state index contributed by atoms with van der Waals surface area (Å²) in [6.45, 7) is 6.25. The maximum atomic E-state index is 11.9. The zero-order valence-electron chi connectivity index (χ0n) is 21.4. The van der Waals surface area contributed by atoms with E-state index >= 15 is 0 Å². The van der Waals surface area contributed by atoms with Crippen LogP contribution in [0.4, 0.5) is 33.9 Å². The van der Waals surface area contributed by atoms with Crippen molar-refractivity contribution in [3.05, 3.63) is 47.7 Å². The van der Waals surface area contributed by atoms with Gasteiger partial charge in [-0.2, -0.15) is 20.3 Å². The molecule has 0 radical (unpaired) electrons. The number of anilines is 5. The predicted molar refractivity (Wildman–Crippen MR) is 142 cm³/mol. The monoisotopic (exact) mass is 503 g/mol. The molecule has 1 amide bonds. The lowest BCUT2D eigenvalue weighted by atomic mass is 9.83. The van der Waals surface area contributed by atoms with E-state index < -0.39 is 11.7 Å². The Morgan fingerprint density at radius 3 is 2.51 bits per heavy atom. The fourth-order valence-corrected chi connectivity index (χ4v) is 3.71. The fourth-order valence-electron chi connectivity index (χ4n) is 3.71. The molecule has 1 aliphatic rings. The van der Waals surface area contributed by atoms with Gasteiger partial charge in [0.1, 0.15) is 17.2 Å². The maximum absolute atomic E-state index is 11.9. The molecule has 37 heavy (non-hydrogen) atoms. The zero-order chi connectivity index (χ0) is 26.3. The molecular formula is C26H33N9O2. The minimum atomic E-state index is -0.553. The van der Waals surface area contributed by atoms with Crippen molar-refractivity contribution < 1.29 is 9.53 Å². The average Bonchev–Trinajstić information content (AvgIpc) is 3.23. The molecule has 1 aliphatic carbocycles. The Hall–Kier alpha value is -4.33. The Labute approximate surface area is 216 Å². The van der Waals surface area contributed by atoms with Gasteiger partial charge in [0.15, 0.2) is 5.82 Å². The topological polar surface area (TPSA) is 153 Å². The van der Waals surface area contributed by atoms with Crippen molar-refractivity contribution in [2.75, 3.05) is 29.0 Å². The van der Waals surface area contributed by atoms with Gasteiger partial charge in [0.25, 0.3) is 0 Å². The summed E-state index contributed by atoms with van der Waals surface area (Å²) < 4.78 is 5.26. The lowest BCUT2D eigenvalue weighted by molar-refractivity contribution is 0.0530. The molecular weight excluding hydrogens is 470 g/mol. The number of aromatic nitrogens is 4. The number of alkyl carbamates (subject to hydrolysis) is 1. The molecule has 2 aromatic heterocycles. The van der Waals surface area contributed by atoms with Crippen molar-refractivity contribution in [2.24, 2.45) is 0 Å². The Kier molecular flexibility index (Phi) is 8.08.